The number of benzene rings is 1. The molecule has 2 aliphatic rings. The van der Waals surface area contributed by atoms with E-state index in [2.05, 4.69) is 4.90 Å². The largest absolute Gasteiger partial charge is 0.503 e. The maximum absolute atomic E-state index is 13.2. The fraction of sp³-hybridized carbons (Fsp3) is 0.364. The van der Waals surface area contributed by atoms with E-state index >= 15 is 0 Å². The molecule has 168 valence electrons. The Kier molecular flexibility index (Phi) is 6.63. The molecule has 1 N–H and O–H groups in total. The van der Waals surface area contributed by atoms with Crippen LogP contribution in [0.25, 0.3) is 0 Å². The number of aliphatic hydroxyl groups excluding tert-OH is 1. The molecule has 2 aromatic rings. The molecule has 0 unspecified atom stereocenters. The first-order chi connectivity index (χ1) is 15.5. The van der Waals surface area contributed by atoms with Crippen molar-refractivity contribution in [3.8, 4) is 0 Å². The molecular formula is C22H23N3O6S. The van der Waals surface area contributed by atoms with Crippen LogP contribution in [-0.2, 0) is 9.53 Å². The summed E-state index contributed by atoms with van der Waals surface area (Å²) in [6, 6.07) is 8.33. The van der Waals surface area contributed by atoms with Crippen molar-refractivity contribution in [1.29, 1.82) is 0 Å². The summed E-state index contributed by atoms with van der Waals surface area (Å²) in [5, 5.41) is 23.7. The van der Waals surface area contributed by atoms with E-state index in [4.69, 9.17) is 4.74 Å². The summed E-state index contributed by atoms with van der Waals surface area (Å²) < 4.78 is 5.35. The number of hydrogen-bond donors (Lipinski definition) is 1. The Hall–Kier alpha value is -3.08. The summed E-state index contributed by atoms with van der Waals surface area (Å²) in [7, 11) is 0. The van der Waals surface area contributed by atoms with Crippen LogP contribution in [0.1, 0.15) is 27.7 Å². The zero-order valence-corrected chi connectivity index (χ0v) is 18.1. The van der Waals surface area contributed by atoms with Crippen molar-refractivity contribution in [2.75, 3.05) is 39.4 Å². The predicted octanol–water partition coefficient (Wildman–Crippen LogP) is 2.96. The van der Waals surface area contributed by atoms with Gasteiger partial charge in [0.25, 0.3) is 11.6 Å². The van der Waals surface area contributed by atoms with E-state index in [9.17, 15) is 24.8 Å². The minimum Gasteiger partial charge on any atom is -0.503 e. The molecule has 0 spiro atoms. The number of thiophene rings is 1. The van der Waals surface area contributed by atoms with E-state index < -0.39 is 28.4 Å². The van der Waals surface area contributed by atoms with Crippen LogP contribution in [0.15, 0.2) is 53.1 Å². The van der Waals surface area contributed by atoms with Gasteiger partial charge in [0.15, 0.2) is 5.76 Å². The molecule has 9 nitrogen and oxygen atoms in total. The number of ether oxygens (including phenoxy) is 1. The third kappa shape index (κ3) is 4.43. The smallest absolute Gasteiger partial charge is 0.290 e. The minimum absolute atomic E-state index is 0.0377. The summed E-state index contributed by atoms with van der Waals surface area (Å²) in [5.74, 6) is -1.67. The van der Waals surface area contributed by atoms with Crippen molar-refractivity contribution in [2.24, 2.45) is 0 Å². The third-order valence-corrected chi connectivity index (χ3v) is 6.54. The molecule has 0 radical (unpaired) electrons. The molecule has 1 aromatic carbocycles. The van der Waals surface area contributed by atoms with Crippen LogP contribution in [0.2, 0.25) is 0 Å². The van der Waals surface area contributed by atoms with E-state index in [0.29, 0.717) is 36.6 Å². The average molecular weight is 458 g/mol. The number of nitrogens with zero attached hydrogens (tertiary/aromatic N) is 3. The van der Waals surface area contributed by atoms with E-state index in [0.717, 1.165) is 19.6 Å². The molecule has 1 saturated heterocycles. The lowest BCUT2D eigenvalue weighted by atomic mass is 9.95. The topological polar surface area (TPSA) is 113 Å². The molecule has 0 saturated carbocycles. The van der Waals surface area contributed by atoms with Gasteiger partial charge in [0.1, 0.15) is 0 Å². The Morgan fingerprint density at radius 3 is 2.69 bits per heavy atom. The fourth-order valence-corrected chi connectivity index (χ4v) is 4.78. The number of rotatable bonds is 8. The molecule has 2 aliphatic heterocycles. The lowest BCUT2D eigenvalue weighted by Crippen LogP contribution is -2.39. The number of ketones is 1. The van der Waals surface area contributed by atoms with E-state index in [-0.39, 0.29) is 11.3 Å². The molecule has 1 fully saturated rings. The van der Waals surface area contributed by atoms with Crippen LogP contribution in [0, 0.1) is 10.1 Å². The number of carbonyl (C=O) groups is 2. The van der Waals surface area contributed by atoms with Crippen LogP contribution in [0.5, 0.6) is 0 Å². The zero-order chi connectivity index (χ0) is 22.7. The molecule has 0 bridgehead atoms. The van der Waals surface area contributed by atoms with Crippen molar-refractivity contribution in [1.82, 2.24) is 9.80 Å². The number of nitro groups is 1. The summed E-state index contributed by atoms with van der Waals surface area (Å²) in [4.78, 5) is 41.0. The maximum atomic E-state index is 13.2. The molecule has 1 aromatic heterocycles. The standard InChI is InChI=1S/C22H23N3O6S/c26-20(17-6-2-13-32-17)18-19(15-4-1-5-16(14-15)25(29)30)24(22(28)21(18)27)8-3-7-23-9-11-31-12-10-23/h1-2,4-6,13-14,19,27H,3,7-12H2/t19-/m0/s1. The molecule has 0 aliphatic carbocycles. The number of nitro benzene ring substituents is 1. The number of amides is 1. The number of carbonyl (C=O) groups excluding carboxylic acids is 2. The Balaban J connectivity index is 1.64. The van der Waals surface area contributed by atoms with Crippen molar-refractivity contribution in [3.63, 3.8) is 0 Å². The Morgan fingerprint density at radius 1 is 1.22 bits per heavy atom. The van der Waals surface area contributed by atoms with Gasteiger partial charge >= 0.3 is 0 Å². The molecule has 3 heterocycles. The molecule has 1 amide bonds. The van der Waals surface area contributed by atoms with Gasteiger partial charge in [-0.1, -0.05) is 18.2 Å². The van der Waals surface area contributed by atoms with Gasteiger partial charge in [0.05, 0.1) is 34.6 Å². The minimum atomic E-state index is -0.887. The second-order valence-electron chi connectivity index (χ2n) is 7.63. The average Bonchev–Trinajstić information content (AvgIpc) is 3.43. The fourth-order valence-electron chi connectivity index (χ4n) is 4.10. The highest BCUT2D eigenvalue weighted by Crippen LogP contribution is 2.40. The van der Waals surface area contributed by atoms with Gasteiger partial charge in [-0.15, -0.1) is 11.3 Å². The van der Waals surface area contributed by atoms with Gasteiger partial charge in [0, 0.05) is 38.3 Å². The Bertz CT molecular complexity index is 1050. The lowest BCUT2D eigenvalue weighted by molar-refractivity contribution is -0.384. The van der Waals surface area contributed by atoms with Gasteiger partial charge in [0.2, 0.25) is 5.78 Å². The molecule has 1 atom stereocenters. The second kappa shape index (κ2) is 9.60. The lowest BCUT2D eigenvalue weighted by Gasteiger charge is -2.29. The van der Waals surface area contributed by atoms with E-state index in [1.54, 1.807) is 23.6 Å². The molecule has 10 heteroatoms. The van der Waals surface area contributed by atoms with Gasteiger partial charge in [-0.25, -0.2) is 0 Å². The zero-order valence-electron chi connectivity index (χ0n) is 17.3. The van der Waals surface area contributed by atoms with Crippen LogP contribution in [0.4, 0.5) is 5.69 Å². The first kappa shape index (κ1) is 22.1. The first-order valence-electron chi connectivity index (χ1n) is 10.3. The number of morpholine rings is 1. The van der Waals surface area contributed by atoms with E-state index in [1.165, 1.54) is 34.4 Å². The van der Waals surface area contributed by atoms with Crippen molar-refractivity contribution in [3.05, 3.63) is 73.7 Å². The summed E-state index contributed by atoms with van der Waals surface area (Å²) >= 11 is 1.21. The normalized spacial score (nSPS) is 19.6. The Morgan fingerprint density at radius 2 is 2.00 bits per heavy atom. The summed E-state index contributed by atoms with van der Waals surface area (Å²) in [6.45, 7) is 4.00. The first-order valence-corrected chi connectivity index (χ1v) is 11.2. The number of Topliss-reactive ketones (excluding diaryl/α,β-unsaturated/α-hetero) is 1. The van der Waals surface area contributed by atoms with Gasteiger partial charge in [-0.05, 0) is 23.4 Å². The van der Waals surface area contributed by atoms with Gasteiger partial charge in [-0.3, -0.25) is 24.6 Å². The molecule has 4 rings (SSSR count). The highest BCUT2D eigenvalue weighted by Gasteiger charge is 2.44. The van der Waals surface area contributed by atoms with Gasteiger partial charge in [-0.2, -0.15) is 0 Å². The number of non-ortho nitro benzene ring substituents is 1. The SMILES string of the molecule is O=C(C1=C(O)C(=O)N(CCCN2CCOCC2)[C@H]1c1cccc([N+](=O)[O-])c1)c1cccs1. The van der Waals surface area contributed by atoms with E-state index in [1.807, 2.05) is 0 Å². The Labute approximate surface area is 188 Å². The predicted molar refractivity (Wildman–Crippen MR) is 118 cm³/mol. The van der Waals surface area contributed by atoms with Crippen molar-refractivity contribution in [2.45, 2.75) is 12.5 Å². The van der Waals surface area contributed by atoms with Crippen LogP contribution in [0.3, 0.4) is 0 Å². The molecule has 32 heavy (non-hydrogen) atoms. The number of hydrogen-bond acceptors (Lipinski definition) is 8. The maximum Gasteiger partial charge on any atom is 0.290 e. The third-order valence-electron chi connectivity index (χ3n) is 5.67. The van der Waals surface area contributed by atoms with Crippen LogP contribution in [-0.4, -0.2) is 70.9 Å². The van der Waals surface area contributed by atoms with Crippen molar-refractivity contribution < 1.29 is 24.4 Å². The second-order valence-corrected chi connectivity index (χ2v) is 8.58. The quantitative estimate of drug-likeness (QED) is 0.368. The number of aliphatic hydroxyl groups is 1. The molecular weight excluding hydrogens is 434 g/mol. The highest BCUT2D eigenvalue weighted by atomic mass is 32.1. The van der Waals surface area contributed by atoms with Crippen molar-refractivity contribution >= 4 is 28.7 Å². The summed E-state index contributed by atoms with van der Waals surface area (Å²) in [5.41, 5.74) is 0.240. The van der Waals surface area contributed by atoms with Gasteiger partial charge < -0.3 is 14.7 Å². The highest BCUT2D eigenvalue weighted by molar-refractivity contribution is 7.12. The summed E-state index contributed by atoms with van der Waals surface area (Å²) in [6.07, 6.45) is 0.630. The monoisotopic (exact) mass is 457 g/mol. The van der Waals surface area contributed by atoms with Crippen LogP contribution < -0.4 is 0 Å². The van der Waals surface area contributed by atoms with Crippen LogP contribution >= 0.6 is 11.3 Å².